The van der Waals surface area contributed by atoms with Gasteiger partial charge in [-0.2, -0.15) is 0 Å². The van der Waals surface area contributed by atoms with E-state index in [1.165, 1.54) is 5.69 Å². The third kappa shape index (κ3) is 3.80. The van der Waals surface area contributed by atoms with Gasteiger partial charge in [0.2, 0.25) is 0 Å². The summed E-state index contributed by atoms with van der Waals surface area (Å²) in [5.74, 6) is -0.415. The van der Waals surface area contributed by atoms with Crippen LogP contribution in [0.15, 0.2) is 42.6 Å². The number of anilines is 3. The molecule has 0 aliphatic carbocycles. The van der Waals surface area contributed by atoms with Crippen molar-refractivity contribution in [2.24, 2.45) is 12.8 Å². The lowest BCUT2D eigenvalue weighted by atomic mass is 10.1. The number of ether oxygens (including phenoxy) is 1. The summed E-state index contributed by atoms with van der Waals surface area (Å²) in [7, 11) is 1.91. The predicted octanol–water partition coefficient (Wildman–Crippen LogP) is 3.94. The van der Waals surface area contributed by atoms with E-state index in [2.05, 4.69) is 49.2 Å². The molecular weight excluding hydrogens is 364 g/mol. The average Bonchev–Trinajstić information content (AvgIpc) is 2.99. The summed E-state index contributed by atoms with van der Waals surface area (Å²) in [6, 6.07) is 12.5. The van der Waals surface area contributed by atoms with Crippen molar-refractivity contribution in [1.82, 2.24) is 4.57 Å². The number of hydrogen-bond donors (Lipinski definition) is 2. The number of nitrogens with two attached hydrogens (primary N) is 1. The second kappa shape index (κ2) is 7.44. The molecule has 1 aliphatic rings. The highest BCUT2D eigenvalue weighted by Crippen LogP contribution is 2.30. The van der Waals surface area contributed by atoms with Crippen LogP contribution in [0.2, 0.25) is 0 Å². The molecule has 0 radical (unpaired) electrons. The molecule has 152 valence electrons. The average molecular weight is 393 g/mol. The predicted molar refractivity (Wildman–Crippen MR) is 118 cm³/mol. The number of hydrogen-bond acceptors (Lipinski definition) is 4. The summed E-state index contributed by atoms with van der Waals surface area (Å²) in [4.78, 5) is 14.1. The van der Waals surface area contributed by atoms with Gasteiger partial charge in [0.25, 0.3) is 5.91 Å². The van der Waals surface area contributed by atoms with Crippen LogP contribution in [0.1, 0.15) is 29.8 Å². The fraction of sp³-hybridized carbons (Fsp3) is 0.348. The van der Waals surface area contributed by atoms with Gasteiger partial charge in [-0.15, -0.1) is 0 Å². The zero-order valence-corrected chi connectivity index (χ0v) is 17.4. The molecule has 2 aromatic carbocycles. The minimum absolute atomic E-state index is 0.230. The number of nitrogens with one attached hydrogen (secondary N) is 1. The van der Waals surface area contributed by atoms with Gasteiger partial charge in [-0.1, -0.05) is 0 Å². The Morgan fingerprint density at radius 3 is 2.52 bits per heavy atom. The second-order valence-electron chi connectivity index (χ2n) is 8.04. The van der Waals surface area contributed by atoms with Crippen LogP contribution in [0.25, 0.3) is 10.9 Å². The normalized spacial score (nSPS) is 19.5. The lowest BCUT2D eigenvalue weighted by Crippen LogP contribution is -2.45. The Kier molecular flexibility index (Phi) is 4.96. The Labute approximate surface area is 171 Å². The van der Waals surface area contributed by atoms with Crippen LogP contribution in [0, 0.1) is 6.92 Å². The molecule has 4 rings (SSSR count). The second-order valence-corrected chi connectivity index (χ2v) is 8.04. The van der Waals surface area contributed by atoms with Crippen LogP contribution in [0.4, 0.5) is 17.1 Å². The van der Waals surface area contributed by atoms with Crippen molar-refractivity contribution in [2.45, 2.75) is 33.0 Å². The van der Waals surface area contributed by atoms with Crippen LogP contribution in [0.3, 0.4) is 0 Å². The lowest BCUT2D eigenvalue weighted by Gasteiger charge is -2.37. The lowest BCUT2D eigenvalue weighted by molar-refractivity contribution is -0.00522. The summed E-state index contributed by atoms with van der Waals surface area (Å²) in [5.41, 5.74) is 11.4. The van der Waals surface area contributed by atoms with Crippen molar-refractivity contribution >= 4 is 33.9 Å². The molecule has 2 atom stereocenters. The van der Waals surface area contributed by atoms with E-state index >= 15 is 0 Å². The smallest absolute Gasteiger partial charge is 0.250 e. The maximum atomic E-state index is 11.8. The van der Waals surface area contributed by atoms with Crippen molar-refractivity contribution in [3.8, 4) is 0 Å². The van der Waals surface area contributed by atoms with Gasteiger partial charge in [0, 0.05) is 54.3 Å². The summed E-state index contributed by atoms with van der Waals surface area (Å²) in [5, 5.41) is 4.34. The molecule has 0 bridgehead atoms. The number of carbonyl (C=O) groups is 1. The number of rotatable bonds is 4. The Balaban J connectivity index is 1.60. The zero-order valence-electron chi connectivity index (χ0n) is 17.4. The van der Waals surface area contributed by atoms with Gasteiger partial charge in [-0.3, -0.25) is 4.79 Å². The van der Waals surface area contributed by atoms with Gasteiger partial charge in [0.1, 0.15) is 0 Å². The highest BCUT2D eigenvalue weighted by Gasteiger charge is 2.22. The molecule has 1 amide bonds. The van der Waals surface area contributed by atoms with Gasteiger partial charge >= 0.3 is 0 Å². The van der Waals surface area contributed by atoms with Crippen LogP contribution < -0.4 is 16.0 Å². The first-order valence-corrected chi connectivity index (χ1v) is 9.99. The van der Waals surface area contributed by atoms with Gasteiger partial charge < -0.3 is 25.3 Å². The van der Waals surface area contributed by atoms with E-state index in [0.717, 1.165) is 40.9 Å². The van der Waals surface area contributed by atoms with E-state index in [1.807, 2.05) is 29.8 Å². The largest absolute Gasteiger partial charge is 0.372 e. The highest BCUT2D eigenvalue weighted by molar-refractivity contribution is 6.07. The van der Waals surface area contributed by atoms with E-state index in [1.54, 1.807) is 6.20 Å². The molecule has 3 aromatic rings. The summed E-state index contributed by atoms with van der Waals surface area (Å²) >= 11 is 0. The molecule has 1 fully saturated rings. The van der Waals surface area contributed by atoms with Crippen molar-refractivity contribution in [2.75, 3.05) is 23.3 Å². The number of aromatic nitrogens is 1. The SMILES string of the molecule is Cc1cc(N2CC(C)OC(C)C2)ccc1Nc1ccc2c(c1)c(C(N)=O)cn2C. The van der Waals surface area contributed by atoms with Crippen molar-refractivity contribution < 1.29 is 9.53 Å². The van der Waals surface area contributed by atoms with Crippen LogP contribution >= 0.6 is 0 Å². The minimum Gasteiger partial charge on any atom is -0.372 e. The third-order valence-electron chi connectivity index (χ3n) is 5.53. The van der Waals surface area contributed by atoms with E-state index in [4.69, 9.17) is 10.5 Å². The van der Waals surface area contributed by atoms with Gasteiger partial charge in [0.05, 0.1) is 17.8 Å². The molecular formula is C23H28N4O2. The number of benzene rings is 2. The number of aryl methyl sites for hydroxylation is 2. The Hall–Kier alpha value is -2.99. The first kappa shape index (κ1) is 19.3. The molecule has 29 heavy (non-hydrogen) atoms. The minimum atomic E-state index is -0.415. The standard InChI is InChI=1S/C23H28N4O2/c1-14-9-18(27-11-15(2)29-16(3)12-27)6-7-21(14)25-17-5-8-22-19(10-17)20(23(24)28)13-26(22)4/h5-10,13,15-16,25H,11-12H2,1-4H3,(H2,24,28). The molecule has 3 N–H and O–H groups in total. The van der Waals surface area contributed by atoms with Gasteiger partial charge in [-0.05, 0) is 62.7 Å². The Morgan fingerprint density at radius 1 is 1.14 bits per heavy atom. The Bertz CT molecular complexity index is 1060. The first-order valence-electron chi connectivity index (χ1n) is 9.99. The summed E-state index contributed by atoms with van der Waals surface area (Å²) < 4.78 is 7.77. The summed E-state index contributed by atoms with van der Waals surface area (Å²) in [6.07, 6.45) is 2.24. The van der Waals surface area contributed by atoms with Gasteiger partial charge in [0.15, 0.2) is 0 Å². The number of carbonyl (C=O) groups excluding carboxylic acids is 1. The summed E-state index contributed by atoms with van der Waals surface area (Å²) in [6.45, 7) is 8.14. The maximum Gasteiger partial charge on any atom is 0.250 e. The van der Waals surface area contributed by atoms with E-state index in [0.29, 0.717) is 5.56 Å². The number of morpholine rings is 1. The number of amides is 1. The molecule has 6 nitrogen and oxygen atoms in total. The fourth-order valence-electron chi connectivity index (χ4n) is 4.20. The molecule has 1 aliphatic heterocycles. The molecule has 1 aromatic heterocycles. The molecule has 0 spiro atoms. The van der Waals surface area contributed by atoms with Crippen LogP contribution in [-0.2, 0) is 11.8 Å². The van der Waals surface area contributed by atoms with E-state index in [9.17, 15) is 4.79 Å². The quantitative estimate of drug-likeness (QED) is 0.705. The van der Waals surface area contributed by atoms with Gasteiger partial charge in [-0.25, -0.2) is 0 Å². The van der Waals surface area contributed by atoms with Crippen molar-refractivity contribution in [1.29, 1.82) is 0 Å². The van der Waals surface area contributed by atoms with Crippen molar-refractivity contribution in [3.05, 3.63) is 53.7 Å². The van der Waals surface area contributed by atoms with E-state index < -0.39 is 5.91 Å². The fourth-order valence-corrected chi connectivity index (χ4v) is 4.20. The number of nitrogens with zero attached hydrogens (tertiary/aromatic N) is 2. The molecule has 2 unspecified atom stereocenters. The highest BCUT2D eigenvalue weighted by atomic mass is 16.5. The van der Waals surface area contributed by atoms with E-state index in [-0.39, 0.29) is 12.2 Å². The number of fused-ring (bicyclic) bond motifs is 1. The maximum absolute atomic E-state index is 11.8. The number of primary amides is 1. The molecule has 2 heterocycles. The molecule has 6 heteroatoms. The topological polar surface area (TPSA) is 72.5 Å². The van der Waals surface area contributed by atoms with Crippen molar-refractivity contribution in [3.63, 3.8) is 0 Å². The third-order valence-corrected chi connectivity index (χ3v) is 5.53. The zero-order chi connectivity index (χ0) is 20.7. The first-order chi connectivity index (χ1) is 13.8. The van der Waals surface area contributed by atoms with Crippen LogP contribution in [-0.4, -0.2) is 35.8 Å². The van der Waals surface area contributed by atoms with Crippen LogP contribution in [0.5, 0.6) is 0 Å². The monoisotopic (exact) mass is 392 g/mol. The molecule has 1 saturated heterocycles. The Morgan fingerprint density at radius 2 is 1.86 bits per heavy atom. The molecule has 0 saturated carbocycles.